The summed E-state index contributed by atoms with van der Waals surface area (Å²) in [5.74, 6) is 0.327. The molecule has 1 aliphatic rings. The van der Waals surface area contributed by atoms with Gasteiger partial charge >= 0.3 is 6.61 Å². The van der Waals surface area contributed by atoms with Crippen LogP contribution in [0.25, 0.3) is 0 Å². The van der Waals surface area contributed by atoms with E-state index in [-0.39, 0.29) is 11.6 Å². The Kier molecular flexibility index (Phi) is 9.14. The van der Waals surface area contributed by atoms with Crippen LogP contribution in [0, 0.1) is 26.6 Å². The molecule has 0 atom stereocenters. The van der Waals surface area contributed by atoms with Gasteiger partial charge in [-0.05, 0) is 61.1 Å². The molecule has 0 aromatic heterocycles. The van der Waals surface area contributed by atoms with Crippen LogP contribution in [0.3, 0.4) is 0 Å². The second-order valence-corrected chi connectivity index (χ2v) is 7.54. The number of benzene rings is 2. The lowest BCUT2D eigenvalue weighted by Crippen LogP contribution is -2.41. The fourth-order valence-electron chi connectivity index (χ4n) is 3.41. The fourth-order valence-corrected chi connectivity index (χ4v) is 3.41. The molecule has 0 fully saturated rings. The van der Waals surface area contributed by atoms with Crippen LogP contribution >= 0.6 is 0 Å². The number of hydrogen-bond donors (Lipinski definition) is 1. The monoisotopic (exact) mass is 459 g/mol. The van der Waals surface area contributed by atoms with Crippen LogP contribution in [0.2, 0.25) is 0 Å². The Balaban J connectivity index is 0.00000187. The maximum absolute atomic E-state index is 13.7. The smallest absolute Gasteiger partial charge is 0.387 e. The highest BCUT2D eigenvalue weighted by Gasteiger charge is 2.20. The molecule has 1 aliphatic heterocycles. The molecule has 1 N–H and O–H groups in total. The summed E-state index contributed by atoms with van der Waals surface area (Å²) in [4.78, 5) is 6.60. The fraction of sp³-hybridized carbons (Fsp3) is 0.346. The van der Waals surface area contributed by atoms with Gasteiger partial charge in [-0.1, -0.05) is 45.5 Å². The molecule has 0 amide bonds. The van der Waals surface area contributed by atoms with Crippen molar-refractivity contribution in [3.8, 4) is 5.75 Å². The molecule has 1 heterocycles. The number of nitrogens with zero attached hydrogens (tertiary/aromatic N) is 2. The second-order valence-electron chi connectivity index (χ2n) is 7.54. The third kappa shape index (κ3) is 6.63. The summed E-state index contributed by atoms with van der Waals surface area (Å²) in [6.45, 7) is 12.9. The van der Waals surface area contributed by atoms with Crippen molar-refractivity contribution in [2.45, 2.75) is 61.1 Å². The maximum atomic E-state index is 13.7. The quantitative estimate of drug-likeness (QED) is 0.493. The molecule has 3 rings (SSSR count). The number of aliphatic imine (C=N–C) groups is 1. The highest BCUT2D eigenvalue weighted by atomic mass is 19.3. The minimum absolute atomic E-state index is 0.0834. The Labute approximate surface area is 194 Å². The molecule has 0 unspecified atom stereocenters. The first-order chi connectivity index (χ1) is 15.7. The SMILES string of the molecule is C=C1NC(=Nc2cc(OC(F)F)c(C)cc2C)N(Cc2ccc(F)c(C)c2)C=C1CC.CC. The minimum atomic E-state index is -2.91. The number of hydrogen-bond acceptors (Lipinski definition) is 2. The van der Waals surface area contributed by atoms with Gasteiger partial charge in [-0.25, -0.2) is 9.38 Å². The van der Waals surface area contributed by atoms with Crippen LogP contribution in [0.15, 0.2) is 59.4 Å². The lowest BCUT2D eigenvalue weighted by molar-refractivity contribution is -0.0502. The van der Waals surface area contributed by atoms with Crippen molar-refractivity contribution in [2.75, 3.05) is 0 Å². The molecular formula is C26H32F3N3O. The Morgan fingerprint density at radius 3 is 2.36 bits per heavy atom. The van der Waals surface area contributed by atoms with Gasteiger partial charge in [0, 0.05) is 18.0 Å². The van der Waals surface area contributed by atoms with Crippen LogP contribution in [-0.4, -0.2) is 17.5 Å². The minimum Gasteiger partial charge on any atom is -0.434 e. The zero-order valence-corrected chi connectivity index (χ0v) is 20.1. The average molecular weight is 460 g/mol. The second kappa shape index (κ2) is 11.6. The van der Waals surface area contributed by atoms with Gasteiger partial charge in [0.2, 0.25) is 5.96 Å². The zero-order valence-electron chi connectivity index (χ0n) is 20.1. The first-order valence-electron chi connectivity index (χ1n) is 11.0. The van der Waals surface area contributed by atoms with Gasteiger partial charge < -0.3 is 15.0 Å². The van der Waals surface area contributed by atoms with E-state index in [1.54, 1.807) is 32.0 Å². The molecule has 2 aromatic carbocycles. The topological polar surface area (TPSA) is 36.9 Å². The molecule has 4 nitrogen and oxygen atoms in total. The predicted molar refractivity (Wildman–Crippen MR) is 128 cm³/mol. The molecular weight excluding hydrogens is 427 g/mol. The molecule has 2 aromatic rings. The van der Waals surface area contributed by atoms with Crippen LogP contribution in [0.1, 0.15) is 49.4 Å². The predicted octanol–water partition coefficient (Wildman–Crippen LogP) is 7.28. The van der Waals surface area contributed by atoms with E-state index in [2.05, 4.69) is 16.6 Å². The average Bonchev–Trinajstić information content (AvgIpc) is 2.77. The molecule has 0 spiro atoms. The number of aryl methyl sites for hydroxylation is 3. The molecule has 0 saturated heterocycles. The van der Waals surface area contributed by atoms with E-state index in [0.29, 0.717) is 29.3 Å². The molecule has 7 heteroatoms. The Morgan fingerprint density at radius 2 is 1.76 bits per heavy atom. The van der Waals surface area contributed by atoms with Gasteiger partial charge in [0.1, 0.15) is 11.6 Å². The summed E-state index contributed by atoms with van der Waals surface area (Å²) in [5.41, 5.74) is 5.14. The third-order valence-corrected chi connectivity index (χ3v) is 5.13. The van der Waals surface area contributed by atoms with Crippen molar-refractivity contribution in [2.24, 2.45) is 4.99 Å². The van der Waals surface area contributed by atoms with Crippen molar-refractivity contribution < 1.29 is 17.9 Å². The van der Waals surface area contributed by atoms with Crippen molar-refractivity contribution in [3.63, 3.8) is 0 Å². The number of allylic oxidation sites excluding steroid dienone is 1. The standard InChI is InChI=1S/C24H26F3N3O.C2H6/c1-6-19-13-30(12-18-7-8-20(25)14(2)10-18)24(28-17(19)5)29-21-11-22(31-23(26)27)16(4)9-15(21)3;1-2/h7-11,13,23H,5-6,12H2,1-4H3,(H,28,29);1-2H3. The first kappa shape index (κ1) is 26.0. The number of halogens is 3. The summed E-state index contributed by atoms with van der Waals surface area (Å²) in [6, 6.07) is 8.24. The van der Waals surface area contributed by atoms with E-state index in [1.165, 1.54) is 12.1 Å². The molecule has 0 aliphatic carbocycles. The number of guanidine groups is 1. The van der Waals surface area contributed by atoms with Gasteiger partial charge in [0.25, 0.3) is 0 Å². The third-order valence-electron chi connectivity index (χ3n) is 5.13. The van der Waals surface area contributed by atoms with E-state index in [1.807, 2.05) is 38.8 Å². The van der Waals surface area contributed by atoms with Crippen molar-refractivity contribution in [1.82, 2.24) is 10.2 Å². The van der Waals surface area contributed by atoms with Gasteiger partial charge in [0.15, 0.2) is 0 Å². The summed E-state index contributed by atoms with van der Waals surface area (Å²) in [5, 5.41) is 3.21. The molecule has 0 radical (unpaired) electrons. The Bertz CT molecular complexity index is 1060. The van der Waals surface area contributed by atoms with Gasteiger partial charge in [0.05, 0.1) is 12.2 Å². The molecule has 178 valence electrons. The highest BCUT2D eigenvalue weighted by molar-refractivity contribution is 5.88. The Hall–Kier alpha value is -3.22. The van der Waals surface area contributed by atoms with Crippen molar-refractivity contribution >= 4 is 11.6 Å². The number of nitrogens with one attached hydrogen (secondary N) is 1. The lowest BCUT2D eigenvalue weighted by atomic mass is 10.1. The molecule has 33 heavy (non-hydrogen) atoms. The zero-order chi connectivity index (χ0) is 24.7. The number of ether oxygens (including phenoxy) is 1. The number of rotatable bonds is 6. The van der Waals surface area contributed by atoms with Crippen LogP contribution in [-0.2, 0) is 6.54 Å². The molecule has 0 saturated carbocycles. The van der Waals surface area contributed by atoms with Crippen LogP contribution < -0.4 is 10.1 Å². The highest BCUT2D eigenvalue weighted by Crippen LogP contribution is 2.31. The van der Waals surface area contributed by atoms with Crippen LogP contribution in [0.4, 0.5) is 18.9 Å². The van der Waals surface area contributed by atoms with E-state index in [4.69, 9.17) is 4.99 Å². The number of alkyl halides is 2. The van der Waals surface area contributed by atoms with E-state index in [9.17, 15) is 13.2 Å². The normalized spacial score (nSPS) is 14.6. The molecule has 0 bridgehead atoms. The van der Waals surface area contributed by atoms with Crippen molar-refractivity contribution in [1.29, 1.82) is 0 Å². The summed E-state index contributed by atoms with van der Waals surface area (Å²) in [6.07, 6.45) is 2.73. The summed E-state index contributed by atoms with van der Waals surface area (Å²) < 4.78 is 43.8. The van der Waals surface area contributed by atoms with Gasteiger partial charge in [-0.2, -0.15) is 8.78 Å². The largest absolute Gasteiger partial charge is 0.434 e. The Morgan fingerprint density at radius 1 is 1.06 bits per heavy atom. The van der Waals surface area contributed by atoms with Gasteiger partial charge in [-0.15, -0.1) is 0 Å². The van der Waals surface area contributed by atoms with E-state index in [0.717, 1.165) is 28.8 Å². The lowest BCUT2D eigenvalue weighted by Gasteiger charge is -2.31. The van der Waals surface area contributed by atoms with E-state index >= 15 is 0 Å². The summed E-state index contributed by atoms with van der Waals surface area (Å²) in [7, 11) is 0. The van der Waals surface area contributed by atoms with Gasteiger partial charge in [-0.3, -0.25) is 0 Å². The first-order valence-corrected chi connectivity index (χ1v) is 11.0. The van der Waals surface area contributed by atoms with E-state index < -0.39 is 6.61 Å². The summed E-state index contributed by atoms with van der Waals surface area (Å²) >= 11 is 0. The maximum Gasteiger partial charge on any atom is 0.387 e. The van der Waals surface area contributed by atoms with Crippen molar-refractivity contribution in [3.05, 3.63) is 82.5 Å². The van der Waals surface area contributed by atoms with Crippen LogP contribution in [0.5, 0.6) is 5.75 Å².